The predicted octanol–water partition coefficient (Wildman–Crippen LogP) is 3.96. The van der Waals surface area contributed by atoms with Crippen molar-refractivity contribution >= 4 is 40.2 Å². The molecule has 2 saturated heterocycles. The van der Waals surface area contributed by atoms with Crippen LogP contribution in [0.15, 0.2) is 41.7 Å². The van der Waals surface area contributed by atoms with Crippen LogP contribution in [0.5, 0.6) is 0 Å². The fourth-order valence-electron chi connectivity index (χ4n) is 5.55. The van der Waals surface area contributed by atoms with E-state index < -0.39 is 11.6 Å². The van der Waals surface area contributed by atoms with Gasteiger partial charge in [0.05, 0.1) is 17.8 Å². The molecule has 222 valence electrons. The number of halogens is 2. The Bertz CT molecular complexity index is 1520. The minimum absolute atomic E-state index is 0.0339. The van der Waals surface area contributed by atoms with Crippen LogP contribution in [-0.4, -0.2) is 77.1 Å². The number of nitrogens with zero attached hydrogens (tertiary/aromatic N) is 6. The van der Waals surface area contributed by atoms with Crippen LogP contribution in [0.4, 0.5) is 25.1 Å². The number of amides is 3. The van der Waals surface area contributed by atoms with Crippen LogP contribution >= 0.6 is 0 Å². The molecule has 10 nitrogen and oxygen atoms in total. The zero-order valence-electron chi connectivity index (χ0n) is 23.8. The molecule has 0 aliphatic carbocycles. The molecular formula is C30H35F2N7O3. The lowest BCUT2D eigenvalue weighted by Crippen LogP contribution is -2.50. The zero-order valence-corrected chi connectivity index (χ0v) is 23.8. The van der Waals surface area contributed by atoms with Crippen LogP contribution in [0.25, 0.3) is 22.0 Å². The third-order valence-electron chi connectivity index (χ3n) is 7.86. The molecule has 2 aromatic carbocycles. The molecule has 0 atom stereocenters. The highest BCUT2D eigenvalue weighted by atomic mass is 19.1. The van der Waals surface area contributed by atoms with Gasteiger partial charge in [0.25, 0.3) is 0 Å². The zero-order chi connectivity index (χ0) is 30.0. The molecule has 0 bridgehead atoms. The minimum Gasteiger partial charge on any atom is -0.395 e. The van der Waals surface area contributed by atoms with Gasteiger partial charge >= 0.3 is 6.03 Å². The first-order valence-electron chi connectivity index (χ1n) is 14.2. The lowest BCUT2D eigenvalue weighted by Gasteiger charge is -2.35. The van der Waals surface area contributed by atoms with E-state index in [0.717, 1.165) is 0 Å². The Balaban J connectivity index is 1.42. The monoisotopic (exact) mass is 579 g/mol. The van der Waals surface area contributed by atoms with Crippen molar-refractivity contribution < 1.29 is 23.5 Å². The predicted molar refractivity (Wildman–Crippen MR) is 157 cm³/mol. The molecule has 0 radical (unpaired) electrons. The highest BCUT2D eigenvalue weighted by Gasteiger charge is 2.29. The molecule has 2 aliphatic heterocycles. The SMILES string of the molecule is CC(C)C(=O)N=C(N)C1CCN(c2ncnc3c(-c4ccc(N5CCCN(CCO)C5=O)c(F)c4)cc(F)cc23)CC1. The Morgan fingerprint density at radius 3 is 2.57 bits per heavy atom. The lowest BCUT2D eigenvalue weighted by molar-refractivity contribution is -0.120. The number of carbonyl (C=O) groups excluding carboxylic acids is 2. The second kappa shape index (κ2) is 12.4. The van der Waals surface area contributed by atoms with Crippen molar-refractivity contribution in [3.05, 3.63) is 48.3 Å². The van der Waals surface area contributed by atoms with Gasteiger partial charge in [0.1, 0.15) is 29.6 Å². The Labute approximate surface area is 242 Å². The average Bonchev–Trinajstić information content (AvgIpc) is 2.98. The first-order chi connectivity index (χ1) is 20.2. The van der Waals surface area contributed by atoms with E-state index in [1.54, 1.807) is 19.9 Å². The molecule has 5 rings (SSSR count). The number of aromatic nitrogens is 2. The average molecular weight is 580 g/mol. The summed E-state index contributed by atoms with van der Waals surface area (Å²) in [6.45, 7) is 5.59. The number of hydrogen-bond donors (Lipinski definition) is 2. The number of aliphatic hydroxyl groups is 1. The highest BCUT2D eigenvalue weighted by Crippen LogP contribution is 2.36. The van der Waals surface area contributed by atoms with Crippen molar-refractivity contribution in [2.45, 2.75) is 33.1 Å². The van der Waals surface area contributed by atoms with Crippen molar-refractivity contribution in [2.24, 2.45) is 22.6 Å². The number of rotatable bonds is 7. The molecule has 2 fully saturated rings. The van der Waals surface area contributed by atoms with E-state index in [1.165, 1.54) is 40.4 Å². The molecule has 12 heteroatoms. The number of fused-ring (bicyclic) bond motifs is 1. The maximum atomic E-state index is 15.5. The van der Waals surface area contributed by atoms with Gasteiger partial charge in [-0.2, -0.15) is 0 Å². The number of anilines is 2. The van der Waals surface area contributed by atoms with E-state index in [-0.39, 0.29) is 42.6 Å². The third-order valence-corrected chi connectivity index (χ3v) is 7.86. The number of carbonyl (C=O) groups is 2. The first-order valence-corrected chi connectivity index (χ1v) is 14.2. The Hall–Kier alpha value is -4.19. The number of amidine groups is 1. The molecular weight excluding hydrogens is 544 g/mol. The maximum Gasteiger partial charge on any atom is 0.324 e. The van der Waals surface area contributed by atoms with Gasteiger partial charge in [-0.3, -0.25) is 9.69 Å². The summed E-state index contributed by atoms with van der Waals surface area (Å²) in [5, 5.41) is 9.75. The fraction of sp³-hybridized carbons (Fsp3) is 0.433. The van der Waals surface area contributed by atoms with Crippen LogP contribution in [-0.2, 0) is 4.79 Å². The summed E-state index contributed by atoms with van der Waals surface area (Å²) in [6.07, 6.45) is 3.38. The van der Waals surface area contributed by atoms with E-state index in [9.17, 15) is 14.7 Å². The van der Waals surface area contributed by atoms with Gasteiger partial charge in [-0.15, -0.1) is 0 Å². The molecule has 3 aromatic rings. The largest absolute Gasteiger partial charge is 0.395 e. The number of β-amino-alcohol motifs (C(OH)–C–C–N with tert-alkyl or cyclic N) is 1. The van der Waals surface area contributed by atoms with E-state index >= 15 is 8.78 Å². The van der Waals surface area contributed by atoms with E-state index in [4.69, 9.17) is 5.73 Å². The van der Waals surface area contributed by atoms with Crippen molar-refractivity contribution in [1.82, 2.24) is 14.9 Å². The summed E-state index contributed by atoms with van der Waals surface area (Å²) in [6, 6.07) is 6.79. The molecule has 0 saturated carbocycles. The highest BCUT2D eigenvalue weighted by molar-refractivity contribution is 6.00. The molecule has 0 spiro atoms. The van der Waals surface area contributed by atoms with Crippen molar-refractivity contribution in [3.8, 4) is 11.1 Å². The first kappa shape index (κ1) is 29.3. The second-order valence-corrected chi connectivity index (χ2v) is 11.0. The Morgan fingerprint density at radius 1 is 1.12 bits per heavy atom. The summed E-state index contributed by atoms with van der Waals surface area (Å²) in [7, 11) is 0. The fourth-order valence-corrected chi connectivity index (χ4v) is 5.55. The van der Waals surface area contributed by atoms with Gasteiger partial charge in [-0.05, 0) is 49.1 Å². The lowest BCUT2D eigenvalue weighted by atomic mass is 9.95. The second-order valence-electron chi connectivity index (χ2n) is 11.0. The Kier molecular flexibility index (Phi) is 8.62. The molecule has 42 heavy (non-hydrogen) atoms. The topological polar surface area (TPSA) is 128 Å². The van der Waals surface area contributed by atoms with Crippen LogP contribution in [0.2, 0.25) is 0 Å². The summed E-state index contributed by atoms with van der Waals surface area (Å²) < 4.78 is 30.5. The summed E-state index contributed by atoms with van der Waals surface area (Å²) in [5.41, 5.74) is 7.56. The summed E-state index contributed by atoms with van der Waals surface area (Å²) in [4.78, 5) is 42.7. The smallest absolute Gasteiger partial charge is 0.324 e. The van der Waals surface area contributed by atoms with Crippen molar-refractivity contribution in [2.75, 3.05) is 49.1 Å². The number of aliphatic imine (C=N–C) groups is 1. The van der Waals surface area contributed by atoms with Gasteiger partial charge in [-0.1, -0.05) is 19.9 Å². The minimum atomic E-state index is -0.615. The summed E-state index contributed by atoms with van der Waals surface area (Å²) >= 11 is 0. The van der Waals surface area contributed by atoms with Crippen LogP contribution in [0, 0.1) is 23.5 Å². The molecule has 0 unspecified atom stereocenters. The number of hydrogen-bond acceptors (Lipinski definition) is 6. The molecule has 2 aliphatic rings. The maximum absolute atomic E-state index is 15.5. The molecule has 3 amide bonds. The number of piperidine rings is 1. The van der Waals surface area contributed by atoms with E-state index in [2.05, 4.69) is 15.0 Å². The number of urea groups is 1. The number of benzene rings is 2. The van der Waals surface area contributed by atoms with Gasteiger partial charge in [-0.25, -0.2) is 28.5 Å². The van der Waals surface area contributed by atoms with Gasteiger partial charge < -0.3 is 20.6 Å². The Morgan fingerprint density at radius 2 is 1.88 bits per heavy atom. The summed E-state index contributed by atoms with van der Waals surface area (Å²) in [5.74, 6) is -0.721. The molecule has 1 aromatic heterocycles. The number of aliphatic hydroxyl groups excluding tert-OH is 1. The van der Waals surface area contributed by atoms with Crippen molar-refractivity contribution in [3.63, 3.8) is 0 Å². The van der Waals surface area contributed by atoms with E-state index in [0.29, 0.717) is 79.1 Å². The quantitative estimate of drug-likeness (QED) is 0.320. The van der Waals surface area contributed by atoms with Crippen LogP contribution < -0.4 is 15.5 Å². The van der Waals surface area contributed by atoms with Gasteiger partial charge in [0.2, 0.25) is 5.91 Å². The van der Waals surface area contributed by atoms with Gasteiger partial charge in [0, 0.05) is 55.5 Å². The standard InChI is InChI=1S/C30H35F2N7O3/c1-18(2)29(41)36-27(33)19-6-10-37(11-7-19)28-23-16-21(31)15-22(26(23)34-17-35-28)20-4-5-25(24(32)14-20)39-9-3-8-38(12-13-40)30(39)42/h4-5,14-19,40H,3,6-13H2,1-2H3,(H2,33,36,41). The van der Waals surface area contributed by atoms with Gasteiger partial charge in [0.15, 0.2) is 0 Å². The van der Waals surface area contributed by atoms with Crippen LogP contribution in [0.1, 0.15) is 33.1 Å². The molecule has 3 N–H and O–H groups in total. The molecule has 3 heterocycles. The van der Waals surface area contributed by atoms with Crippen LogP contribution in [0.3, 0.4) is 0 Å². The number of nitrogens with two attached hydrogens (primary N) is 1. The van der Waals surface area contributed by atoms with Crippen molar-refractivity contribution in [1.29, 1.82) is 0 Å². The third kappa shape index (κ3) is 5.89. The normalized spacial score (nSPS) is 17.0. The van der Waals surface area contributed by atoms with E-state index in [1.807, 2.05) is 4.90 Å².